The summed E-state index contributed by atoms with van der Waals surface area (Å²) >= 11 is 3.13. The minimum atomic E-state index is -10.1. The van der Waals surface area contributed by atoms with Crippen LogP contribution in [0.2, 0.25) is 0 Å². The molecule has 2 aromatic heterocycles. The van der Waals surface area contributed by atoms with Crippen LogP contribution in [0.25, 0.3) is 10.9 Å². The number of benzene rings is 1. The van der Waals surface area contributed by atoms with Crippen molar-refractivity contribution in [3.05, 3.63) is 46.7 Å². The number of hydrogen-bond donors (Lipinski definition) is 2. The zero-order valence-electron chi connectivity index (χ0n) is 18.4. The number of carbonyl (C=O) groups is 3. The van der Waals surface area contributed by atoms with E-state index in [1.54, 1.807) is 12.1 Å². The Morgan fingerprint density at radius 2 is 1.84 bits per heavy atom. The molecule has 1 fully saturated rings. The lowest BCUT2D eigenvalue weighted by atomic mass is 10.2. The van der Waals surface area contributed by atoms with Gasteiger partial charge in [0.05, 0.1) is 12.1 Å². The first kappa shape index (κ1) is 26.7. The summed E-state index contributed by atoms with van der Waals surface area (Å²) in [6, 6.07) is 4.07. The minimum absolute atomic E-state index is 0.0642. The van der Waals surface area contributed by atoms with Crippen LogP contribution in [0, 0.1) is 0 Å². The highest BCUT2D eigenvalue weighted by molar-refractivity contribution is 9.10. The molecule has 0 radical (unpaired) electrons. The molecule has 9 nitrogen and oxygen atoms in total. The number of primary amides is 1. The Morgan fingerprint density at radius 1 is 1.14 bits per heavy atom. The van der Waals surface area contributed by atoms with E-state index < -0.39 is 69.4 Å². The average Bonchev–Trinajstić information content (AvgIpc) is 3.33. The number of carbonyl (C=O) groups excluding carboxylic acids is 3. The van der Waals surface area contributed by atoms with Crippen LogP contribution in [-0.2, 0) is 16.1 Å². The van der Waals surface area contributed by atoms with E-state index in [1.165, 1.54) is 6.07 Å². The molecule has 0 bridgehead atoms. The van der Waals surface area contributed by atoms with Gasteiger partial charge in [0.15, 0.2) is 5.69 Å². The third-order valence-electron chi connectivity index (χ3n) is 5.53. The molecule has 3 aromatic rings. The highest BCUT2D eigenvalue weighted by atomic mass is 79.9. The van der Waals surface area contributed by atoms with Gasteiger partial charge in [-0.2, -0.15) is 5.10 Å². The number of hydrogen-bond acceptors (Lipinski definition) is 5. The van der Waals surface area contributed by atoms with Crippen molar-refractivity contribution < 1.29 is 38.2 Å². The summed E-state index contributed by atoms with van der Waals surface area (Å²) < 4.78 is 82.1. The molecule has 37 heavy (non-hydrogen) atoms. The van der Waals surface area contributed by atoms with Crippen LogP contribution in [-0.4, -0.2) is 56.1 Å². The smallest absolute Gasteiger partial charge is 0.310 e. The summed E-state index contributed by atoms with van der Waals surface area (Å²) in [7, 11) is -10.1. The molecule has 3 N–H and O–H groups in total. The van der Waals surface area contributed by atoms with E-state index in [-0.39, 0.29) is 29.8 Å². The fraction of sp³-hybridized carbons (Fsp3) is 0.250. The van der Waals surface area contributed by atoms with Crippen LogP contribution >= 0.6 is 26.2 Å². The van der Waals surface area contributed by atoms with Gasteiger partial charge in [0.1, 0.15) is 34.1 Å². The largest absolute Gasteiger partial charge is 0.364 e. The van der Waals surface area contributed by atoms with Gasteiger partial charge in [0.25, 0.3) is 5.91 Å². The maximum absolute atomic E-state index is 14.2. The van der Waals surface area contributed by atoms with Crippen molar-refractivity contribution in [3.63, 3.8) is 0 Å². The molecule has 2 atom stereocenters. The fourth-order valence-corrected chi connectivity index (χ4v) is 4.91. The predicted octanol–water partition coefficient (Wildman–Crippen LogP) is 4.53. The van der Waals surface area contributed by atoms with Crippen LogP contribution < -0.4 is 11.1 Å². The van der Waals surface area contributed by atoms with Gasteiger partial charge < -0.3 is 16.0 Å². The molecule has 0 spiro atoms. The van der Waals surface area contributed by atoms with Crippen molar-refractivity contribution in [2.75, 3.05) is 11.9 Å². The minimum Gasteiger partial charge on any atom is -0.364 e. The van der Waals surface area contributed by atoms with Crippen LogP contribution in [0.1, 0.15) is 16.9 Å². The van der Waals surface area contributed by atoms with Crippen molar-refractivity contribution >= 4 is 60.6 Å². The molecule has 3 amide bonds. The fourth-order valence-electron chi connectivity index (χ4n) is 3.91. The lowest BCUT2D eigenvalue weighted by molar-refractivity contribution is -0.137. The third-order valence-corrected chi connectivity index (χ3v) is 7.11. The average molecular weight is 615 g/mol. The number of anilines is 1. The van der Waals surface area contributed by atoms with Crippen LogP contribution in [0.4, 0.5) is 29.6 Å². The van der Waals surface area contributed by atoms with Crippen molar-refractivity contribution in [1.82, 2.24) is 19.7 Å². The monoisotopic (exact) mass is 614 g/mol. The molecule has 0 aliphatic carbocycles. The summed E-state index contributed by atoms with van der Waals surface area (Å²) in [5, 5.41) is 5.87. The van der Waals surface area contributed by atoms with E-state index in [1.807, 2.05) is 0 Å². The molecular weight excluding hydrogens is 598 g/mol. The van der Waals surface area contributed by atoms with Crippen molar-refractivity contribution in [3.8, 4) is 0 Å². The molecule has 200 valence electrons. The normalized spacial score (nSPS) is 19.9. The molecule has 1 saturated heterocycles. The molecule has 17 heteroatoms. The quantitative estimate of drug-likeness (QED) is 0.312. The molecule has 4 rings (SSSR count). The van der Waals surface area contributed by atoms with Crippen LogP contribution in [0.15, 0.2) is 45.9 Å². The highest BCUT2D eigenvalue weighted by Gasteiger charge is 2.65. The van der Waals surface area contributed by atoms with E-state index in [4.69, 9.17) is 5.73 Å². The number of nitrogens with one attached hydrogen (secondary N) is 1. The topological polar surface area (TPSA) is 123 Å². The SMILES string of the molecule is NC(=O)c1nn(CC(=O)N2C[C@H](F)C[C@H]2C(=O)Nc2cccc(Br)n2)c2cc(S(F)(F)(F)(F)F)ccc12. The molecule has 1 aliphatic rings. The summed E-state index contributed by atoms with van der Waals surface area (Å²) in [4.78, 5) is 40.1. The number of nitrogens with zero attached hydrogens (tertiary/aromatic N) is 4. The summed E-state index contributed by atoms with van der Waals surface area (Å²) in [6.07, 6.45) is -1.96. The molecule has 1 aliphatic heterocycles. The zero-order chi connectivity index (χ0) is 27.4. The molecule has 0 saturated carbocycles. The van der Waals surface area contributed by atoms with Crippen molar-refractivity contribution in [1.29, 1.82) is 0 Å². The van der Waals surface area contributed by atoms with E-state index in [0.29, 0.717) is 15.4 Å². The van der Waals surface area contributed by atoms with E-state index >= 15 is 0 Å². The number of nitrogens with two attached hydrogens (primary N) is 1. The lowest BCUT2D eigenvalue weighted by Crippen LogP contribution is -2.44. The number of alkyl halides is 1. The van der Waals surface area contributed by atoms with E-state index in [2.05, 4.69) is 31.3 Å². The van der Waals surface area contributed by atoms with Gasteiger partial charge in [-0.15, -0.1) is 0 Å². The summed E-state index contributed by atoms with van der Waals surface area (Å²) in [5.74, 6) is -2.80. The Labute approximate surface area is 212 Å². The lowest BCUT2D eigenvalue weighted by Gasteiger charge is -2.40. The van der Waals surface area contributed by atoms with Crippen molar-refractivity contribution in [2.24, 2.45) is 5.73 Å². The Kier molecular flexibility index (Phi) is 6.02. The first-order chi connectivity index (χ1) is 16.9. The Hall–Kier alpha value is -3.34. The molecule has 3 heterocycles. The second-order valence-electron chi connectivity index (χ2n) is 8.25. The number of aromatic nitrogens is 3. The molecule has 1 aromatic carbocycles. The Bertz CT molecular complexity index is 1450. The predicted molar refractivity (Wildman–Crippen MR) is 125 cm³/mol. The number of pyridine rings is 1. The van der Waals surface area contributed by atoms with Crippen LogP contribution in [0.5, 0.6) is 0 Å². The Balaban J connectivity index is 1.66. The summed E-state index contributed by atoms with van der Waals surface area (Å²) in [6.45, 7) is -1.40. The number of fused-ring (bicyclic) bond motifs is 1. The number of halogens is 7. The standard InChI is InChI=1S/C20H17BrF6N6O3S/c21-15-2-1-3-16(29-15)30-20(36)14-6-10(22)8-32(14)17(34)9-33-13-7-11(37(23,24,25,26)27)4-5-12(13)18(31-33)19(28)35/h1-5,7,10,14H,6,8-9H2,(H2,28,35)(H,29,30,36)/t10-,14+/m1/s1. The van der Waals surface area contributed by atoms with Crippen molar-refractivity contribution in [2.45, 2.75) is 30.1 Å². The van der Waals surface area contributed by atoms with Gasteiger partial charge in [0, 0.05) is 11.8 Å². The number of rotatable bonds is 6. The molecule has 0 unspecified atom stereocenters. The third kappa shape index (κ3) is 5.66. The maximum Gasteiger partial charge on any atom is 0.310 e. The second-order valence-corrected chi connectivity index (χ2v) is 11.5. The van der Waals surface area contributed by atoms with Gasteiger partial charge in [-0.3, -0.25) is 19.1 Å². The number of likely N-dealkylation sites (tertiary alicyclic amines) is 1. The van der Waals surface area contributed by atoms with E-state index in [0.717, 1.165) is 4.90 Å². The summed E-state index contributed by atoms with van der Waals surface area (Å²) in [5.41, 5.74) is 4.02. The Morgan fingerprint density at radius 3 is 2.46 bits per heavy atom. The second kappa shape index (κ2) is 8.34. The van der Waals surface area contributed by atoms with Gasteiger partial charge in [0.2, 0.25) is 11.8 Å². The first-order valence-electron chi connectivity index (χ1n) is 10.3. The van der Waals surface area contributed by atoms with Crippen LogP contribution in [0.3, 0.4) is 0 Å². The first-order valence-corrected chi connectivity index (χ1v) is 13.1. The maximum atomic E-state index is 14.2. The van der Waals surface area contributed by atoms with E-state index in [9.17, 15) is 38.2 Å². The zero-order valence-corrected chi connectivity index (χ0v) is 20.8. The highest BCUT2D eigenvalue weighted by Crippen LogP contribution is 3.02. The van der Waals surface area contributed by atoms with Gasteiger partial charge in [-0.05, 0) is 46.3 Å². The van der Waals surface area contributed by atoms with Gasteiger partial charge in [-0.1, -0.05) is 25.5 Å². The van der Waals surface area contributed by atoms with Gasteiger partial charge >= 0.3 is 10.2 Å². The number of amides is 3. The van der Waals surface area contributed by atoms with Gasteiger partial charge in [-0.25, -0.2) is 9.37 Å². The molecular formula is C20H17BrF6N6O3S.